The van der Waals surface area contributed by atoms with Crippen LogP contribution in [0.3, 0.4) is 0 Å². The van der Waals surface area contributed by atoms with Gasteiger partial charge in [0.25, 0.3) is 0 Å². The lowest BCUT2D eigenvalue weighted by Crippen LogP contribution is -2.33. The zero-order valence-electron chi connectivity index (χ0n) is 12.6. The molecule has 0 bridgehead atoms. The van der Waals surface area contributed by atoms with E-state index in [1.807, 2.05) is 0 Å². The maximum Gasteiger partial charge on any atom is -0.00136 e. The van der Waals surface area contributed by atoms with E-state index in [4.69, 9.17) is 0 Å². The summed E-state index contributed by atoms with van der Waals surface area (Å²) in [6, 6.07) is 0. The fourth-order valence-electron chi connectivity index (χ4n) is 2.76. The second-order valence-electron chi connectivity index (χ2n) is 7.10. The van der Waals surface area contributed by atoms with E-state index in [0.717, 1.165) is 5.92 Å². The molecule has 0 radical (unpaired) electrons. The van der Waals surface area contributed by atoms with Gasteiger partial charge in [-0.1, -0.05) is 47.0 Å². The fraction of sp³-hybridized carbons (Fsp3) is 1.00. The molecule has 1 aliphatic heterocycles. The van der Waals surface area contributed by atoms with Gasteiger partial charge < -0.3 is 4.90 Å². The van der Waals surface area contributed by atoms with Gasteiger partial charge in [-0.15, -0.1) is 0 Å². The molecule has 17 heavy (non-hydrogen) atoms. The summed E-state index contributed by atoms with van der Waals surface area (Å²) < 4.78 is 0. The van der Waals surface area contributed by atoms with E-state index in [0.29, 0.717) is 5.41 Å². The summed E-state index contributed by atoms with van der Waals surface area (Å²) >= 11 is 0. The maximum absolute atomic E-state index is 2.67. The van der Waals surface area contributed by atoms with Crippen LogP contribution in [0.1, 0.15) is 72.6 Å². The first kappa shape index (κ1) is 15.0. The number of nitrogens with zero attached hydrogens (tertiary/aromatic N) is 1. The first-order valence-corrected chi connectivity index (χ1v) is 7.72. The minimum absolute atomic E-state index is 0.548. The van der Waals surface area contributed by atoms with E-state index in [9.17, 15) is 0 Å². The molecule has 1 heterocycles. The van der Waals surface area contributed by atoms with Crippen LogP contribution in [0.15, 0.2) is 0 Å². The highest BCUT2D eigenvalue weighted by Crippen LogP contribution is 2.29. The molecule has 0 spiro atoms. The Morgan fingerprint density at radius 3 is 2.24 bits per heavy atom. The molecule has 1 aliphatic rings. The van der Waals surface area contributed by atoms with Crippen LogP contribution in [0, 0.1) is 11.3 Å². The Hall–Kier alpha value is -0.0400. The summed E-state index contributed by atoms with van der Waals surface area (Å²) in [5.74, 6) is 0.868. The normalized spacial score (nSPS) is 18.9. The van der Waals surface area contributed by atoms with E-state index in [-0.39, 0.29) is 0 Å². The molecule has 0 aromatic heterocycles. The Morgan fingerprint density at radius 2 is 1.65 bits per heavy atom. The SMILES string of the molecule is CC(C)CCCC(C)(C)CCN1CCCCC1. The van der Waals surface area contributed by atoms with Gasteiger partial charge in [0.2, 0.25) is 0 Å². The lowest BCUT2D eigenvalue weighted by Gasteiger charge is -2.31. The van der Waals surface area contributed by atoms with Gasteiger partial charge >= 0.3 is 0 Å². The molecule has 1 rings (SSSR count). The topological polar surface area (TPSA) is 3.24 Å². The minimum Gasteiger partial charge on any atom is -0.303 e. The molecule has 0 aliphatic carbocycles. The van der Waals surface area contributed by atoms with E-state index in [1.54, 1.807) is 0 Å². The van der Waals surface area contributed by atoms with Crippen molar-refractivity contribution < 1.29 is 0 Å². The van der Waals surface area contributed by atoms with Crippen LogP contribution >= 0.6 is 0 Å². The number of likely N-dealkylation sites (tertiary alicyclic amines) is 1. The highest BCUT2D eigenvalue weighted by molar-refractivity contribution is 4.73. The Balaban J connectivity index is 2.14. The van der Waals surface area contributed by atoms with Crippen LogP contribution in [0.5, 0.6) is 0 Å². The molecule has 1 nitrogen and oxygen atoms in total. The summed E-state index contributed by atoms with van der Waals surface area (Å²) in [5.41, 5.74) is 0.548. The predicted octanol–water partition coefficient (Wildman–Crippen LogP) is 4.71. The Kier molecular flexibility index (Phi) is 6.54. The molecule has 0 N–H and O–H groups in total. The average molecular weight is 239 g/mol. The van der Waals surface area contributed by atoms with Crippen molar-refractivity contribution in [3.63, 3.8) is 0 Å². The van der Waals surface area contributed by atoms with Crippen molar-refractivity contribution in [2.75, 3.05) is 19.6 Å². The molecule has 0 saturated carbocycles. The van der Waals surface area contributed by atoms with Crippen molar-refractivity contribution in [3.05, 3.63) is 0 Å². The number of piperidine rings is 1. The lowest BCUT2D eigenvalue weighted by atomic mass is 9.83. The minimum atomic E-state index is 0.548. The largest absolute Gasteiger partial charge is 0.303 e. The van der Waals surface area contributed by atoms with E-state index in [2.05, 4.69) is 32.6 Å². The van der Waals surface area contributed by atoms with Crippen LogP contribution in [-0.2, 0) is 0 Å². The van der Waals surface area contributed by atoms with E-state index < -0.39 is 0 Å². The third-order valence-corrected chi connectivity index (χ3v) is 4.19. The van der Waals surface area contributed by atoms with Gasteiger partial charge in [-0.3, -0.25) is 0 Å². The first-order valence-electron chi connectivity index (χ1n) is 7.72. The van der Waals surface area contributed by atoms with Crippen molar-refractivity contribution in [3.8, 4) is 0 Å². The smallest absolute Gasteiger partial charge is 0.00136 e. The van der Waals surface area contributed by atoms with Crippen molar-refractivity contribution in [2.45, 2.75) is 72.6 Å². The number of hydrogen-bond donors (Lipinski definition) is 0. The molecule has 1 heteroatoms. The summed E-state index contributed by atoms with van der Waals surface area (Å²) in [7, 11) is 0. The van der Waals surface area contributed by atoms with Gasteiger partial charge in [-0.05, 0) is 56.7 Å². The van der Waals surface area contributed by atoms with Crippen molar-refractivity contribution >= 4 is 0 Å². The molecule has 0 amide bonds. The van der Waals surface area contributed by atoms with Crippen LogP contribution in [0.2, 0.25) is 0 Å². The molecule has 0 aromatic carbocycles. The molecule has 0 aromatic rings. The Morgan fingerprint density at radius 1 is 1.00 bits per heavy atom. The molecule has 1 saturated heterocycles. The Labute approximate surface area is 109 Å². The summed E-state index contributed by atoms with van der Waals surface area (Å²) in [6.45, 7) is 13.6. The zero-order valence-corrected chi connectivity index (χ0v) is 12.6. The summed E-state index contributed by atoms with van der Waals surface area (Å²) in [5, 5.41) is 0. The van der Waals surface area contributed by atoms with Gasteiger partial charge in [-0.25, -0.2) is 0 Å². The standard InChI is InChI=1S/C16H33N/c1-15(2)9-8-10-16(3,4)11-14-17-12-6-5-7-13-17/h15H,5-14H2,1-4H3. The van der Waals surface area contributed by atoms with Gasteiger partial charge in [0.05, 0.1) is 0 Å². The van der Waals surface area contributed by atoms with Gasteiger partial charge in [0.1, 0.15) is 0 Å². The second kappa shape index (κ2) is 7.41. The molecule has 1 fully saturated rings. The molecule has 102 valence electrons. The zero-order chi connectivity index (χ0) is 12.7. The van der Waals surface area contributed by atoms with E-state index in [1.165, 1.54) is 64.6 Å². The third-order valence-electron chi connectivity index (χ3n) is 4.19. The third kappa shape index (κ3) is 7.08. The first-order chi connectivity index (χ1) is 7.99. The molecular weight excluding hydrogens is 206 g/mol. The number of rotatable bonds is 7. The van der Waals surface area contributed by atoms with Crippen molar-refractivity contribution in [1.29, 1.82) is 0 Å². The maximum atomic E-state index is 2.67. The van der Waals surface area contributed by atoms with Crippen molar-refractivity contribution in [2.24, 2.45) is 11.3 Å². The van der Waals surface area contributed by atoms with Crippen LogP contribution in [0.4, 0.5) is 0 Å². The quantitative estimate of drug-likeness (QED) is 0.621. The fourth-order valence-corrected chi connectivity index (χ4v) is 2.76. The molecule has 0 unspecified atom stereocenters. The van der Waals surface area contributed by atoms with Gasteiger partial charge in [-0.2, -0.15) is 0 Å². The second-order valence-corrected chi connectivity index (χ2v) is 7.10. The van der Waals surface area contributed by atoms with Crippen molar-refractivity contribution in [1.82, 2.24) is 4.90 Å². The predicted molar refractivity (Wildman–Crippen MR) is 77.4 cm³/mol. The van der Waals surface area contributed by atoms with Crippen LogP contribution < -0.4 is 0 Å². The highest BCUT2D eigenvalue weighted by atomic mass is 15.1. The van der Waals surface area contributed by atoms with Crippen LogP contribution in [-0.4, -0.2) is 24.5 Å². The van der Waals surface area contributed by atoms with Gasteiger partial charge in [0, 0.05) is 0 Å². The van der Waals surface area contributed by atoms with E-state index >= 15 is 0 Å². The summed E-state index contributed by atoms with van der Waals surface area (Å²) in [6.07, 6.45) is 9.89. The lowest BCUT2D eigenvalue weighted by molar-refractivity contribution is 0.181. The Bertz CT molecular complexity index is 190. The highest BCUT2D eigenvalue weighted by Gasteiger charge is 2.19. The number of hydrogen-bond acceptors (Lipinski definition) is 1. The molecular formula is C16H33N. The molecule has 0 atom stereocenters. The van der Waals surface area contributed by atoms with Gasteiger partial charge in [0.15, 0.2) is 0 Å². The monoisotopic (exact) mass is 239 g/mol. The van der Waals surface area contributed by atoms with Crippen LogP contribution in [0.25, 0.3) is 0 Å². The average Bonchev–Trinajstić information content (AvgIpc) is 2.27. The summed E-state index contributed by atoms with van der Waals surface area (Å²) in [4.78, 5) is 2.67.